The molecule has 0 spiro atoms. The van der Waals surface area contributed by atoms with Crippen LogP contribution in [0.15, 0.2) is 70.1 Å². The van der Waals surface area contributed by atoms with E-state index in [2.05, 4.69) is 31.0 Å². The number of pyridine rings is 1. The van der Waals surface area contributed by atoms with E-state index in [-0.39, 0.29) is 5.91 Å². The van der Waals surface area contributed by atoms with Gasteiger partial charge in [0.25, 0.3) is 5.91 Å². The molecule has 0 aliphatic carbocycles. The second-order valence-corrected chi connectivity index (χ2v) is 8.08. The molecule has 0 unspecified atom stereocenters. The van der Waals surface area contributed by atoms with Crippen LogP contribution in [0.1, 0.15) is 33.5 Å². The second kappa shape index (κ2) is 6.56. The van der Waals surface area contributed by atoms with Crippen LogP contribution >= 0.6 is 15.9 Å². The summed E-state index contributed by atoms with van der Waals surface area (Å²) in [6.07, 6.45) is 5.84. The van der Waals surface area contributed by atoms with Gasteiger partial charge in [-0.05, 0) is 40.2 Å². The molecule has 1 aromatic carbocycles. The Morgan fingerprint density at radius 3 is 2.97 bits per heavy atom. The number of aromatic nitrogens is 4. The number of nitrogens with one attached hydrogen (secondary N) is 1. The molecule has 30 heavy (non-hydrogen) atoms. The largest absolute Gasteiger partial charge is 0.457 e. The molecular weight excluding hydrogens is 446 g/mol. The number of nitrogens with zero attached hydrogens (tertiary/aromatic N) is 4. The van der Waals surface area contributed by atoms with Gasteiger partial charge in [-0.1, -0.05) is 18.2 Å². The third-order valence-corrected chi connectivity index (χ3v) is 6.47. The first kappa shape index (κ1) is 17.5. The number of aromatic amines is 1. The minimum absolute atomic E-state index is 0.0952. The molecule has 1 amide bonds. The molecule has 148 valence electrons. The summed E-state index contributed by atoms with van der Waals surface area (Å²) >= 11 is 3.71. The van der Waals surface area contributed by atoms with Gasteiger partial charge >= 0.3 is 0 Å². The number of para-hydroxylation sites is 1. The molecule has 1 aliphatic rings. The van der Waals surface area contributed by atoms with E-state index in [1.54, 1.807) is 17.0 Å². The normalized spacial score (nSPS) is 16.3. The molecule has 1 N–H and O–H groups in total. The summed E-state index contributed by atoms with van der Waals surface area (Å²) in [7, 11) is 0. The first-order valence-electron chi connectivity index (χ1n) is 9.65. The number of rotatable bonds is 2. The highest BCUT2D eigenvalue weighted by atomic mass is 79.9. The van der Waals surface area contributed by atoms with Crippen LogP contribution in [0, 0.1) is 0 Å². The number of carbonyl (C=O) groups is 1. The van der Waals surface area contributed by atoms with Crippen LogP contribution in [0.25, 0.3) is 16.5 Å². The molecule has 0 radical (unpaired) electrons. The van der Waals surface area contributed by atoms with Crippen LogP contribution in [-0.2, 0) is 6.42 Å². The average Bonchev–Trinajstić information content (AvgIpc) is 3.50. The van der Waals surface area contributed by atoms with Crippen molar-refractivity contribution in [2.24, 2.45) is 0 Å². The molecule has 0 bridgehead atoms. The molecule has 8 heteroatoms. The predicted molar refractivity (Wildman–Crippen MR) is 114 cm³/mol. The average molecular weight is 462 g/mol. The molecule has 1 aliphatic heterocycles. The zero-order valence-electron chi connectivity index (χ0n) is 15.7. The highest BCUT2D eigenvalue weighted by Gasteiger charge is 2.39. The maximum absolute atomic E-state index is 13.7. The van der Waals surface area contributed by atoms with Crippen molar-refractivity contribution >= 4 is 38.3 Å². The summed E-state index contributed by atoms with van der Waals surface area (Å²) in [5, 5.41) is 5.30. The standard InChI is InChI=1S/C22H16BrN5O2/c23-18-13-5-1-2-7-17(13)30-21(18)20-19-15(24-12-25-19)8-10-27(20)22(29)14-11-26-28-9-4-3-6-16(14)28/h1-7,9,11-12,20H,8,10H2,(H,24,25)/t20-/m0/s1. The Bertz CT molecular complexity index is 1420. The Morgan fingerprint density at radius 2 is 2.07 bits per heavy atom. The fourth-order valence-electron chi connectivity index (χ4n) is 4.22. The lowest BCUT2D eigenvalue weighted by atomic mass is 9.99. The number of benzene rings is 1. The molecule has 1 atom stereocenters. The molecule has 7 nitrogen and oxygen atoms in total. The molecule has 6 rings (SSSR count). The summed E-state index contributed by atoms with van der Waals surface area (Å²) in [5.41, 5.74) is 3.94. The molecular formula is C22H16BrN5O2. The minimum atomic E-state index is -0.437. The van der Waals surface area contributed by atoms with Crippen LogP contribution < -0.4 is 0 Å². The Kier molecular flexibility index (Phi) is 3.82. The van der Waals surface area contributed by atoms with Crippen LogP contribution in [0.3, 0.4) is 0 Å². The maximum atomic E-state index is 13.7. The van der Waals surface area contributed by atoms with Crippen LogP contribution in [0.4, 0.5) is 0 Å². The number of hydrogen-bond acceptors (Lipinski definition) is 4. The van der Waals surface area contributed by atoms with E-state index < -0.39 is 6.04 Å². The zero-order valence-corrected chi connectivity index (χ0v) is 17.3. The molecule has 5 heterocycles. The summed E-state index contributed by atoms with van der Waals surface area (Å²) in [6, 6.07) is 13.1. The van der Waals surface area contributed by atoms with Crippen LogP contribution in [0.5, 0.6) is 0 Å². The first-order chi connectivity index (χ1) is 14.7. The number of amides is 1. The zero-order chi connectivity index (χ0) is 20.2. The van der Waals surface area contributed by atoms with Crippen molar-refractivity contribution in [1.29, 1.82) is 0 Å². The van der Waals surface area contributed by atoms with Gasteiger partial charge < -0.3 is 14.3 Å². The lowest BCUT2D eigenvalue weighted by molar-refractivity contribution is 0.0674. The van der Waals surface area contributed by atoms with Crippen molar-refractivity contribution in [3.05, 3.63) is 88.4 Å². The Morgan fingerprint density at radius 1 is 1.20 bits per heavy atom. The Hall–Kier alpha value is -3.39. The van der Waals surface area contributed by atoms with Gasteiger partial charge in [-0.2, -0.15) is 5.10 Å². The third-order valence-electron chi connectivity index (χ3n) is 5.65. The first-order valence-corrected chi connectivity index (χ1v) is 10.4. The third kappa shape index (κ3) is 2.46. The molecule has 0 saturated heterocycles. The smallest absolute Gasteiger partial charge is 0.258 e. The minimum Gasteiger partial charge on any atom is -0.457 e. The van der Waals surface area contributed by atoms with Crippen molar-refractivity contribution in [3.8, 4) is 0 Å². The number of hydrogen-bond donors (Lipinski definition) is 1. The van der Waals surface area contributed by atoms with E-state index >= 15 is 0 Å². The predicted octanol–water partition coefficient (Wildman–Crippen LogP) is 4.35. The number of carbonyl (C=O) groups excluding carboxylic acids is 1. The number of fused-ring (bicyclic) bond motifs is 3. The van der Waals surface area contributed by atoms with Gasteiger partial charge in [0.2, 0.25) is 0 Å². The highest BCUT2D eigenvalue weighted by molar-refractivity contribution is 9.10. The van der Waals surface area contributed by atoms with E-state index in [4.69, 9.17) is 4.42 Å². The van der Waals surface area contributed by atoms with Gasteiger partial charge in [-0.3, -0.25) is 4.79 Å². The molecule has 5 aromatic rings. The fraction of sp³-hybridized carbons (Fsp3) is 0.136. The molecule has 0 saturated carbocycles. The van der Waals surface area contributed by atoms with Crippen LogP contribution in [-0.4, -0.2) is 36.9 Å². The van der Waals surface area contributed by atoms with E-state index in [1.807, 2.05) is 53.6 Å². The summed E-state index contributed by atoms with van der Waals surface area (Å²) in [5.74, 6) is 0.580. The van der Waals surface area contributed by atoms with Crippen molar-refractivity contribution < 1.29 is 9.21 Å². The number of halogens is 1. The summed E-state index contributed by atoms with van der Waals surface area (Å²) < 4.78 is 8.79. The van der Waals surface area contributed by atoms with Crippen LogP contribution in [0.2, 0.25) is 0 Å². The number of imidazole rings is 1. The molecule has 4 aromatic heterocycles. The van der Waals surface area contributed by atoms with Crippen molar-refractivity contribution in [2.75, 3.05) is 6.54 Å². The number of H-pyrrole nitrogens is 1. The van der Waals surface area contributed by atoms with E-state index in [0.717, 1.165) is 32.3 Å². The lowest BCUT2D eigenvalue weighted by Gasteiger charge is -2.33. The van der Waals surface area contributed by atoms with E-state index in [1.165, 1.54) is 0 Å². The highest BCUT2D eigenvalue weighted by Crippen LogP contribution is 2.42. The summed E-state index contributed by atoms with van der Waals surface area (Å²) in [4.78, 5) is 23.3. The maximum Gasteiger partial charge on any atom is 0.258 e. The summed E-state index contributed by atoms with van der Waals surface area (Å²) in [6.45, 7) is 0.548. The van der Waals surface area contributed by atoms with E-state index in [0.29, 0.717) is 24.3 Å². The number of furan rings is 1. The van der Waals surface area contributed by atoms with Gasteiger partial charge in [0.15, 0.2) is 0 Å². The SMILES string of the molecule is O=C(c1cnn2ccccc12)N1CCc2[nH]cnc2[C@H]1c1oc2ccccc2c1Br. The van der Waals surface area contributed by atoms with Gasteiger partial charge in [0, 0.05) is 30.2 Å². The lowest BCUT2D eigenvalue weighted by Crippen LogP contribution is -2.40. The van der Waals surface area contributed by atoms with Gasteiger partial charge in [-0.25, -0.2) is 9.50 Å². The van der Waals surface area contributed by atoms with E-state index in [9.17, 15) is 4.79 Å². The van der Waals surface area contributed by atoms with Gasteiger partial charge in [0.05, 0.1) is 33.8 Å². The van der Waals surface area contributed by atoms with Crippen molar-refractivity contribution in [1.82, 2.24) is 24.5 Å². The fourth-order valence-corrected chi connectivity index (χ4v) is 4.85. The van der Waals surface area contributed by atoms with Crippen molar-refractivity contribution in [3.63, 3.8) is 0 Å². The van der Waals surface area contributed by atoms with Gasteiger partial charge in [-0.15, -0.1) is 0 Å². The van der Waals surface area contributed by atoms with Gasteiger partial charge in [0.1, 0.15) is 17.4 Å². The monoisotopic (exact) mass is 461 g/mol. The molecule has 0 fully saturated rings. The topological polar surface area (TPSA) is 79.4 Å². The van der Waals surface area contributed by atoms with Crippen molar-refractivity contribution in [2.45, 2.75) is 12.5 Å². The Labute approximate surface area is 179 Å². The Balaban J connectivity index is 1.52. The second-order valence-electron chi connectivity index (χ2n) is 7.28. The quantitative estimate of drug-likeness (QED) is 0.423.